The summed E-state index contributed by atoms with van der Waals surface area (Å²) in [7, 11) is 0. The topological polar surface area (TPSA) is 71.1 Å². The maximum Gasteiger partial charge on any atom is 0.242 e. The van der Waals surface area contributed by atoms with Crippen molar-refractivity contribution in [2.24, 2.45) is 0 Å². The summed E-state index contributed by atoms with van der Waals surface area (Å²) >= 11 is 0. The van der Waals surface area contributed by atoms with Crippen LogP contribution in [0.2, 0.25) is 0 Å². The third-order valence-corrected chi connectivity index (χ3v) is 5.44. The van der Waals surface area contributed by atoms with Crippen molar-refractivity contribution in [1.29, 1.82) is 0 Å². The van der Waals surface area contributed by atoms with Gasteiger partial charge in [0.2, 0.25) is 11.8 Å². The van der Waals surface area contributed by atoms with Crippen LogP contribution in [0.3, 0.4) is 0 Å². The van der Waals surface area contributed by atoms with E-state index in [0.29, 0.717) is 19.7 Å². The predicted octanol–water partition coefficient (Wildman–Crippen LogP) is 3.62. The fraction of sp³-hybridized carbons (Fsp3) is 0.462. The first-order valence-electron chi connectivity index (χ1n) is 11.7. The van der Waals surface area contributed by atoms with Crippen LogP contribution in [0.5, 0.6) is 11.5 Å². The van der Waals surface area contributed by atoms with Crippen molar-refractivity contribution in [3.8, 4) is 11.5 Å². The van der Waals surface area contributed by atoms with Crippen LogP contribution >= 0.6 is 0 Å². The Morgan fingerprint density at radius 2 is 1.76 bits per heavy atom. The van der Waals surface area contributed by atoms with E-state index < -0.39 is 0 Å². The number of carbonyl (C=O) groups is 2. The number of para-hydroxylation sites is 2. The van der Waals surface area contributed by atoms with Gasteiger partial charge in [0.15, 0.2) is 0 Å². The molecule has 2 aromatic rings. The summed E-state index contributed by atoms with van der Waals surface area (Å²) in [4.78, 5) is 27.8. The molecule has 0 radical (unpaired) electrons. The Hall–Kier alpha value is -3.22. The van der Waals surface area contributed by atoms with E-state index in [1.165, 1.54) is 12.5 Å². The van der Waals surface area contributed by atoms with Crippen LogP contribution in [-0.4, -0.2) is 55.6 Å². The van der Waals surface area contributed by atoms with E-state index in [4.69, 9.17) is 9.47 Å². The van der Waals surface area contributed by atoms with Crippen LogP contribution in [0, 0.1) is 0 Å². The smallest absolute Gasteiger partial charge is 0.242 e. The van der Waals surface area contributed by atoms with Crippen LogP contribution in [-0.2, 0) is 16.1 Å². The molecule has 7 nitrogen and oxygen atoms in total. The standard InChI is InChI=1S/C26H35N3O4/c1-20(2)33-23-12-10-22(11-13-23)19-29-15-7-6-14-28(26(31)18-27-21(3)30)16-17-32-25-9-5-4-8-24(25)29/h4-5,8-13,20H,6-7,14-19H2,1-3H3,(H,27,30). The summed E-state index contributed by atoms with van der Waals surface area (Å²) in [5.74, 6) is 1.40. The van der Waals surface area contributed by atoms with Gasteiger partial charge in [-0.05, 0) is 56.5 Å². The van der Waals surface area contributed by atoms with Gasteiger partial charge in [-0.2, -0.15) is 0 Å². The molecule has 1 N–H and O–H groups in total. The minimum atomic E-state index is -0.203. The highest BCUT2D eigenvalue weighted by Gasteiger charge is 2.18. The summed E-state index contributed by atoms with van der Waals surface area (Å²) < 4.78 is 11.9. The molecule has 0 atom stereocenters. The molecule has 2 amide bonds. The number of benzene rings is 2. The van der Waals surface area contributed by atoms with Crippen molar-refractivity contribution in [3.05, 3.63) is 54.1 Å². The third-order valence-electron chi connectivity index (χ3n) is 5.44. The van der Waals surface area contributed by atoms with Crippen molar-refractivity contribution >= 4 is 17.5 Å². The number of hydrogen-bond donors (Lipinski definition) is 1. The van der Waals surface area contributed by atoms with Crippen molar-refractivity contribution in [2.45, 2.75) is 46.3 Å². The van der Waals surface area contributed by atoms with Gasteiger partial charge in [0.1, 0.15) is 18.1 Å². The molecule has 0 saturated heterocycles. The summed E-state index contributed by atoms with van der Waals surface area (Å²) in [6, 6.07) is 16.3. The van der Waals surface area contributed by atoms with Gasteiger partial charge in [0.25, 0.3) is 0 Å². The summed E-state index contributed by atoms with van der Waals surface area (Å²) in [5, 5.41) is 2.60. The second kappa shape index (κ2) is 12.1. The van der Waals surface area contributed by atoms with Crippen molar-refractivity contribution < 1.29 is 19.1 Å². The predicted molar refractivity (Wildman–Crippen MR) is 130 cm³/mol. The van der Waals surface area contributed by atoms with Crippen LogP contribution in [0.4, 0.5) is 5.69 Å². The zero-order valence-corrected chi connectivity index (χ0v) is 19.9. The highest BCUT2D eigenvalue weighted by molar-refractivity contribution is 5.83. The fourth-order valence-electron chi connectivity index (χ4n) is 3.84. The number of carbonyl (C=O) groups excluding carboxylic acids is 2. The van der Waals surface area contributed by atoms with Crippen LogP contribution in [0.15, 0.2) is 48.5 Å². The molecule has 2 aromatic carbocycles. The lowest BCUT2D eigenvalue weighted by molar-refractivity contribution is -0.132. The van der Waals surface area contributed by atoms with E-state index >= 15 is 0 Å². The number of amides is 2. The lowest BCUT2D eigenvalue weighted by atomic mass is 10.1. The average Bonchev–Trinajstić information content (AvgIpc) is 2.82. The summed E-state index contributed by atoms with van der Waals surface area (Å²) in [5.41, 5.74) is 2.25. The van der Waals surface area contributed by atoms with Gasteiger partial charge < -0.3 is 24.6 Å². The van der Waals surface area contributed by atoms with Crippen LogP contribution in [0.25, 0.3) is 0 Å². The number of hydrogen-bond acceptors (Lipinski definition) is 5. The molecule has 0 aliphatic carbocycles. The second-order valence-corrected chi connectivity index (χ2v) is 8.55. The number of fused-ring (bicyclic) bond motifs is 1. The van der Waals surface area contributed by atoms with E-state index in [1.807, 2.05) is 44.2 Å². The van der Waals surface area contributed by atoms with Gasteiger partial charge >= 0.3 is 0 Å². The monoisotopic (exact) mass is 453 g/mol. The molecule has 0 fully saturated rings. The van der Waals surface area contributed by atoms with Gasteiger partial charge in [-0.15, -0.1) is 0 Å². The Kier molecular flexibility index (Phi) is 8.98. The summed E-state index contributed by atoms with van der Waals surface area (Å²) in [6.07, 6.45) is 1.97. The van der Waals surface area contributed by atoms with E-state index in [0.717, 1.165) is 43.1 Å². The number of rotatable bonds is 6. The fourth-order valence-corrected chi connectivity index (χ4v) is 3.84. The van der Waals surface area contributed by atoms with Crippen molar-refractivity contribution in [1.82, 2.24) is 10.2 Å². The molecule has 3 rings (SSSR count). The average molecular weight is 454 g/mol. The normalized spacial score (nSPS) is 14.7. The molecule has 1 aliphatic heterocycles. The first-order chi connectivity index (χ1) is 15.9. The zero-order valence-electron chi connectivity index (χ0n) is 19.9. The molecule has 178 valence electrons. The van der Waals surface area contributed by atoms with Gasteiger partial charge in [-0.3, -0.25) is 9.59 Å². The van der Waals surface area contributed by atoms with Crippen LogP contribution < -0.4 is 19.7 Å². The molecule has 0 unspecified atom stereocenters. The molecule has 0 spiro atoms. The number of nitrogens with one attached hydrogen (secondary N) is 1. The molecule has 0 aromatic heterocycles. The minimum absolute atomic E-state index is 0.0224. The van der Waals surface area contributed by atoms with E-state index in [1.54, 1.807) is 4.90 Å². The maximum atomic E-state index is 12.5. The largest absolute Gasteiger partial charge is 0.491 e. The Bertz CT molecular complexity index is 914. The quantitative estimate of drug-likeness (QED) is 0.723. The highest BCUT2D eigenvalue weighted by atomic mass is 16.5. The number of ether oxygens (including phenoxy) is 2. The summed E-state index contributed by atoms with van der Waals surface area (Å²) in [6.45, 7) is 8.62. The van der Waals surface area contributed by atoms with Gasteiger partial charge in [-0.1, -0.05) is 24.3 Å². The molecule has 0 bridgehead atoms. The Labute approximate surface area is 196 Å². The molecule has 1 aliphatic rings. The van der Waals surface area contributed by atoms with E-state index in [2.05, 4.69) is 28.4 Å². The zero-order chi connectivity index (χ0) is 23.6. The molecule has 33 heavy (non-hydrogen) atoms. The first kappa shape index (κ1) is 24.4. The lowest BCUT2D eigenvalue weighted by Gasteiger charge is -2.27. The SMILES string of the molecule is CC(=O)NCC(=O)N1CCCCN(Cc2ccc(OC(C)C)cc2)c2ccccc2OCC1. The second-order valence-electron chi connectivity index (χ2n) is 8.55. The van der Waals surface area contributed by atoms with Gasteiger partial charge in [0.05, 0.1) is 24.9 Å². The third kappa shape index (κ3) is 7.70. The maximum absolute atomic E-state index is 12.5. The molecule has 1 heterocycles. The van der Waals surface area contributed by atoms with Crippen molar-refractivity contribution in [2.75, 3.05) is 37.7 Å². The van der Waals surface area contributed by atoms with Crippen LogP contribution in [0.1, 0.15) is 39.2 Å². The first-order valence-corrected chi connectivity index (χ1v) is 11.7. The van der Waals surface area contributed by atoms with Gasteiger partial charge in [0, 0.05) is 26.6 Å². The van der Waals surface area contributed by atoms with Gasteiger partial charge in [-0.25, -0.2) is 0 Å². The van der Waals surface area contributed by atoms with E-state index in [-0.39, 0.29) is 24.5 Å². The molecule has 7 heteroatoms. The number of nitrogens with zero attached hydrogens (tertiary/aromatic N) is 2. The molecular formula is C26H35N3O4. The minimum Gasteiger partial charge on any atom is -0.491 e. The Morgan fingerprint density at radius 3 is 2.48 bits per heavy atom. The Balaban J connectivity index is 1.71. The highest BCUT2D eigenvalue weighted by Crippen LogP contribution is 2.30. The lowest BCUT2D eigenvalue weighted by Crippen LogP contribution is -2.42. The van der Waals surface area contributed by atoms with E-state index in [9.17, 15) is 9.59 Å². The molecular weight excluding hydrogens is 418 g/mol. The van der Waals surface area contributed by atoms with Crippen molar-refractivity contribution in [3.63, 3.8) is 0 Å². The number of anilines is 1. The Morgan fingerprint density at radius 1 is 1.03 bits per heavy atom. The molecule has 0 saturated carbocycles.